The Hall–Kier alpha value is -2.40. The van der Waals surface area contributed by atoms with Crippen LogP contribution < -0.4 is 10.1 Å². The van der Waals surface area contributed by atoms with E-state index in [1.165, 1.54) is 7.11 Å². The van der Waals surface area contributed by atoms with Crippen LogP contribution in [0.1, 0.15) is 12.0 Å². The molecule has 2 aromatic carbocycles. The second kappa shape index (κ2) is 7.66. The number of halogens is 1. The molecule has 5 heteroatoms. The number of hydrogen-bond donors (Lipinski definition) is 2. The Morgan fingerprint density at radius 1 is 1.36 bits per heavy atom. The van der Waals surface area contributed by atoms with Crippen molar-refractivity contribution in [2.45, 2.75) is 12.8 Å². The van der Waals surface area contributed by atoms with Crippen LogP contribution in [0.15, 0.2) is 42.5 Å². The molecule has 0 spiro atoms. The number of carbonyl (C=O) groups is 1. The minimum absolute atomic E-state index is 0.134. The zero-order valence-corrected chi connectivity index (χ0v) is 14.2. The molecule has 4 nitrogen and oxygen atoms in total. The normalized spacial score (nSPS) is 18.1. The smallest absolute Gasteiger partial charge is 0.307 e. The molecule has 132 valence electrons. The molecule has 2 atom stereocenters. The van der Waals surface area contributed by atoms with E-state index in [4.69, 9.17) is 4.74 Å². The Morgan fingerprint density at radius 3 is 2.84 bits per heavy atom. The van der Waals surface area contributed by atoms with Gasteiger partial charge >= 0.3 is 5.97 Å². The molecular weight excluding hydrogens is 321 g/mol. The third-order valence-corrected chi connectivity index (χ3v) is 4.86. The van der Waals surface area contributed by atoms with Crippen LogP contribution in [0, 0.1) is 17.7 Å². The van der Waals surface area contributed by atoms with Gasteiger partial charge in [-0.3, -0.25) is 4.79 Å². The van der Waals surface area contributed by atoms with E-state index in [1.54, 1.807) is 18.2 Å². The zero-order chi connectivity index (χ0) is 17.8. The minimum Gasteiger partial charge on any atom is -0.494 e. The maximum Gasteiger partial charge on any atom is 0.307 e. The highest BCUT2D eigenvalue weighted by Crippen LogP contribution is 2.31. The van der Waals surface area contributed by atoms with Gasteiger partial charge in [0.2, 0.25) is 0 Å². The topological polar surface area (TPSA) is 58.6 Å². The van der Waals surface area contributed by atoms with Crippen LogP contribution in [-0.4, -0.2) is 31.3 Å². The van der Waals surface area contributed by atoms with E-state index in [1.807, 2.05) is 24.3 Å². The molecule has 0 bridgehead atoms. The van der Waals surface area contributed by atoms with E-state index in [0.29, 0.717) is 12.0 Å². The molecule has 1 aliphatic rings. The Morgan fingerprint density at radius 2 is 2.16 bits per heavy atom. The van der Waals surface area contributed by atoms with Crippen LogP contribution in [0.2, 0.25) is 0 Å². The maximum absolute atomic E-state index is 14.5. The van der Waals surface area contributed by atoms with Crippen LogP contribution in [0.3, 0.4) is 0 Å². The second-order valence-corrected chi connectivity index (χ2v) is 6.42. The SMILES string of the molecule is COc1cccc(-c2cccc(C[C@H](C(=O)O)[C@H]3CCNC3)c2)c1F. The van der Waals surface area contributed by atoms with Crippen molar-refractivity contribution < 1.29 is 19.0 Å². The van der Waals surface area contributed by atoms with E-state index in [9.17, 15) is 14.3 Å². The molecule has 0 aromatic heterocycles. The number of benzene rings is 2. The van der Waals surface area contributed by atoms with E-state index in [-0.39, 0.29) is 11.7 Å². The first-order valence-corrected chi connectivity index (χ1v) is 8.45. The molecule has 1 heterocycles. The molecule has 2 aromatic rings. The van der Waals surface area contributed by atoms with Crippen molar-refractivity contribution in [2.24, 2.45) is 11.8 Å². The minimum atomic E-state index is -0.772. The van der Waals surface area contributed by atoms with Crippen LogP contribution >= 0.6 is 0 Å². The molecule has 25 heavy (non-hydrogen) atoms. The Kier molecular flexibility index (Phi) is 5.34. The lowest BCUT2D eigenvalue weighted by atomic mass is 9.85. The summed E-state index contributed by atoms with van der Waals surface area (Å²) in [5.74, 6) is -1.28. The molecule has 1 fully saturated rings. The molecule has 1 aliphatic heterocycles. The first kappa shape index (κ1) is 17.4. The van der Waals surface area contributed by atoms with Crippen LogP contribution in [0.4, 0.5) is 4.39 Å². The highest BCUT2D eigenvalue weighted by atomic mass is 19.1. The number of rotatable bonds is 6. The van der Waals surface area contributed by atoms with Gasteiger partial charge < -0.3 is 15.2 Å². The number of carboxylic acids is 1. The van der Waals surface area contributed by atoms with Gasteiger partial charge in [-0.25, -0.2) is 4.39 Å². The fraction of sp³-hybridized carbons (Fsp3) is 0.350. The lowest BCUT2D eigenvalue weighted by Gasteiger charge is -2.19. The summed E-state index contributed by atoms with van der Waals surface area (Å²) >= 11 is 0. The summed E-state index contributed by atoms with van der Waals surface area (Å²) < 4.78 is 19.5. The Balaban J connectivity index is 1.87. The predicted octanol–water partition coefficient (Wildman–Crippen LogP) is 3.35. The summed E-state index contributed by atoms with van der Waals surface area (Å²) in [6.45, 7) is 1.60. The lowest BCUT2D eigenvalue weighted by molar-refractivity contribution is -0.143. The summed E-state index contributed by atoms with van der Waals surface area (Å²) in [5, 5.41) is 12.8. The largest absolute Gasteiger partial charge is 0.494 e. The van der Waals surface area contributed by atoms with E-state index in [0.717, 1.165) is 30.6 Å². The molecule has 0 amide bonds. The van der Waals surface area contributed by atoms with Crippen LogP contribution in [0.5, 0.6) is 5.75 Å². The molecule has 3 rings (SSSR count). The fourth-order valence-electron chi connectivity index (χ4n) is 3.49. The van der Waals surface area contributed by atoms with Gasteiger partial charge in [-0.05, 0) is 49.0 Å². The summed E-state index contributed by atoms with van der Waals surface area (Å²) in [4.78, 5) is 11.7. The van der Waals surface area contributed by atoms with Crippen LogP contribution in [0.25, 0.3) is 11.1 Å². The molecule has 0 unspecified atom stereocenters. The monoisotopic (exact) mass is 343 g/mol. The first-order valence-electron chi connectivity index (χ1n) is 8.45. The van der Waals surface area contributed by atoms with Gasteiger partial charge in [0, 0.05) is 5.56 Å². The summed E-state index contributed by atoms with van der Waals surface area (Å²) in [5.41, 5.74) is 2.08. The molecule has 0 saturated carbocycles. The average molecular weight is 343 g/mol. The third kappa shape index (κ3) is 3.82. The van der Waals surface area contributed by atoms with Gasteiger partial charge in [-0.1, -0.05) is 36.4 Å². The van der Waals surface area contributed by atoms with Crippen molar-refractivity contribution in [3.05, 3.63) is 53.8 Å². The Bertz CT molecular complexity index is 756. The number of nitrogens with one attached hydrogen (secondary N) is 1. The van der Waals surface area contributed by atoms with Crippen molar-refractivity contribution in [2.75, 3.05) is 20.2 Å². The second-order valence-electron chi connectivity index (χ2n) is 6.42. The van der Waals surface area contributed by atoms with E-state index >= 15 is 0 Å². The number of methoxy groups -OCH3 is 1. The van der Waals surface area contributed by atoms with E-state index < -0.39 is 17.7 Å². The van der Waals surface area contributed by atoms with Crippen molar-refractivity contribution in [1.29, 1.82) is 0 Å². The molecule has 0 radical (unpaired) electrons. The zero-order valence-electron chi connectivity index (χ0n) is 14.2. The van der Waals surface area contributed by atoms with Crippen LogP contribution in [-0.2, 0) is 11.2 Å². The van der Waals surface area contributed by atoms with Crippen molar-refractivity contribution >= 4 is 5.97 Å². The summed E-state index contributed by atoms with van der Waals surface area (Å²) in [6, 6.07) is 12.5. The molecule has 1 saturated heterocycles. The summed E-state index contributed by atoms with van der Waals surface area (Å²) in [6.07, 6.45) is 1.32. The highest BCUT2D eigenvalue weighted by molar-refractivity contribution is 5.71. The maximum atomic E-state index is 14.5. The molecule has 0 aliphatic carbocycles. The molecule has 2 N–H and O–H groups in total. The molecular formula is C20H22FNO3. The summed E-state index contributed by atoms with van der Waals surface area (Å²) in [7, 11) is 1.44. The van der Waals surface area contributed by atoms with Crippen molar-refractivity contribution in [3.8, 4) is 16.9 Å². The average Bonchev–Trinajstić information content (AvgIpc) is 3.14. The number of hydrogen-bond acceptors (Lipinski definition) is 3. The van der Waals surface area contributed by atoms with Gasteiger partial charge in [0.15, 0.2) is 11.6 Å². The van der Waals surface area contributed by atoms with E-state index in [2.05, 4.69) is 5.32 Å². The van der Waals surface area contributed by atoms with Gasteiger partial charge in [0.05, 0.1) is 13.0 Å². The number of aliphatic carboxylic acids is 1. The van der Waals surface area contributed by atoms with Gasteiger partial charge in [-0.2, -0.15) is 0 Å². The number of carboxylic acid groups (broad SMARTS) is 1. The third-order valence-electron chi connectivity index (χ3n) is 4.86. The lowest BCUT2D eigenvalue weighted by Crippen LogP contribution is -2.27. The van der Waals surface area contributed by atoms with Gasteiger partial charge in [-0.15, -0.1) is 0 Å². The standard InChI is InChI=1S/C20H22FNO3/c1-25-18-7-3-6-16(19(18)21)14-5-2-4-13(10-14)11-17(20(23)24)15-8-9-22-12-15/h2-7,10,15,17,22H,8-9,11-12H2,1H3,(H,23,24)/t15-,17-/m0/s1. The number of ether oxygens (including phenoxy) is 1. The highest BCUT2D eigenvalue weighted by Gasteiger charge is 2.30. The van der Waals surface area contributed by atoms with Crippen molar-refractivity contribution in [1.82, 2.24) is 5.32 Å². The quantitative estimate of drug-likeness (QED) is 0.844. The predicted molar refractivity (Wildman–Crippen MR) is 94.2 cm³/mol. The van der Waals surface area contributed by atoms with Crippen molar-refractivity contribution in [3.63, 3.8) is 0 Å². The van der Waals surface area contributed by atoms with Gasteiger partial charge in [0.1, 0.15) is 0 Å². The Labute approximate surface area is 146 Å². The van der Waals surface area contributed by atoms with Gasteiger partial charge in [0.25, 0.3) is 0 Å². The fourth-order valence-corrected chi connectivity index (χ4v) is 3.49. The first-order chi connectivity index (χ1) is 12.1.